The smallest absolute Gasteiger partial charge is 0.211 e. The van der Waals surface area contributed by atoms with Crippen LogP contribution in [-0.2, 0) is 7.05 Å². The molecule has 6 heteroatoms. The van der Waals surface area contributed by atoms with Gasteiger partial charge in [0, 0.05) is 18.6 Å². The molecule has 2 rings (SSSR count). The van der Waals surface area contributed by atoms with Crippen molar-refractivity contribution in [2.45, 2.75) is 0 Å². The molecule has 0 radical (unpaired) electrons. The van der Waals surface area contributed by atoms with E-state index in [9.17, 15) is 0 Å². The van der Waals surface area contributed by atoms with Crippen LogP contribution in [0.1, 0.15) is 5.56 Å². The maximum atomic E-state index is 5.15. The van der Waals surface area contributed by atoms with Crippen molar-refractivity contribution in [3.63, 3.8) is 0 Å². The second-order valence-electron chi connectivity index (χ2n) is 3.39. The molecular weight excluding hydrogens is 204 g/mol. The van der Waals surface area contributed by atoms with Crippen LogP contribution in [0.5, 0.6) is 0 Å². The Labute approximate surface area is 92.3 Å². The molecule has 0 unspecified atom stereocenters. The molecular formula is C10H12N6. The van der Waals surface area contributed by atoms with Gasteiger partial charge in [-0.05, 0) is 11.6 Å². The monoisotopic (exact) mass is 216 g/mol. The Morgan fingerprint density at radius 2 is 2.25 bits per heavy atom. The summed E-state index contributed by atoms with van der Waals surface area (Å²) in [4.78, 5) is 0. The molecule has 0 amide bonds. The van der Waals surface area contributed by atoms with E-state index in [1.165, 1.54) is 0 Å². The van der Waals surface area contributed by atoms with Crippen LogP contribution in [0, 0.1) is 0 Å². The molecule has 0 atom stereocenters. The van der Waals surface area contributed by atoms with Gasteiger partial charge in [-0.2, -0.15) is 10.2 Å². The SMILES string of the molecule is Cn1cc2ccc(C=NN=C(N)N)cc2n1. The van der Waals surface area contributed by atoms with Crippen molar-refractivity contribution in [3.05, 3.63) is 30.0 Å². The fourth-order valence-electron chi connectivity index (χ4n) is 1.40. The Kier molecular flexibility index (Phi) is 2.55. The summed E-state index contributed by atoms with van der Waals surface area (Å²) >= 11 is 0. The Hall–Kier alpha value is -2.37. The highest BCUT2D eigenvalue weighted by molar-refractivity contribution is 5.88. The lowest BCUT2D eigenvalue weighted by Gasteiger charge is -1.91. The summed E-state index contributed by atoms with van der Waals surface area (Å²) in [6, 6.07) is 5.82. The summed E-state index contributed by atoms with van der Waals surface area (Å²) < 4.78 is 1.77. The average molecular weight is 216 g/mol. The van der Waals surface area contributed by atoms with Crippen LogP contribution in [0.3, 0.4) is 0 Å². The summed E-state index contributed by atoms with van der Waals surface area (Å²) in [5, 5.41) is 12.6. The maximum Gasteiger partial charge on any atom is 0.211 e. The maximum absolute atomic E-state index is 5.15. The highest BCUT2D eigenvalue weighted by Crippen LogP contribution is 2.12. The van der Waals surface area contributed by atoms with Gasteiger partial charge >= 0.3 is 0 Å². The van der Waals surface area contributed by atoms with Gasteiger partial charge in [-0.25, -0.2) is 0 Å². The Morgan fingerprint density at radius 1 is 1.44 bits per heavy atom. The molecule has 0 aliphatic heterocycles. The van der Waals surface area contributed by atoms with Crippen LogP contribution in [0.25, 0.3) is 10.9 Å². The molecule has 0 saturated heterocycles. The normalized spacial score (nSPS) is 11.1. The van der Waals surface area contributed by atoms with E-state index in [-0.39, 0.29) is 5.96 Å². The third kappa shape index (κ3) is 2.17. The molecule has 2 aromatic rings. The van der Waals surface area contributed by atoms with E-state index >= 15 is 0 Å². The Balaban J connectivity index is 2.32. The zero-order valence-electron chi connectivity index (χ0n) is 8.83. The second kappa shape index (κ2) is 4.01. The second-order valence-corrected chi connectivity index (χ2v) is 3.39. The van der Waals surface area contributed by atoms with Gasteiger partial charge in [0.2, 0.25) is 5.96 Å². The molecule has 1 heterocycles. The first-order valence-corrected chi connectivity index (χ1v) is 4.70. The lowest BCUT2D eigenvalue weighted by atomic mass is 10.2. The third-order valence-electron chi connectivity index (χ3n) is 2.03. The van der Waals surface area contributed by atoms with E-state index in [1.807, 2.05) is 31.4 Å². The molecule has 0 fully saturated rings. The first-order valence-electron chi connectivity index (χ1n) is 4.70. The molecule has 1 aromatic heterocycles. The van der Waals surface area contributed by atoms with Gasteiger partial charge in [-0.3, -0.25) is 4.68 Å². The summed E-state index contributed by atoms with van der Waals surface area (Å²) in [5.74, 6) is -0.0600. The fraction of sp³-hybridized carbons (Fsp3) is 0.100. The van der Waals surface area contributed by atoms with Gasteiger partial charge in [-0.1, -0.05) is 12.1 Å². The number of nitrogens with zero attached hydrogens (tertiary/aromatic N) is 4. The zero-order valence-corrected chi connectivity index (χ0v) is 8.83. The lowest BCUT2D eigenvalue weighted by Crippen LogP contribution is -2.21. The molecule has 16 heavy (non-hydrogen) atoms. The number of aromatic nitrogens is 2. The van der Waals surface area contributed by atoms with Crippen molar-refractivity contribution in [2.24, 2.45) is 28.7 Å². The molecule has 82 valence electrons. The molecule has 1 aromatic carbocycles. The molecule has 0 aliphatic carbocycles. The van der Waals surface area contributed by atoms with Crippen molar-refractivity contribution < 1.29 is 0 Å². The van der Waals surface area contributed by atoms with Crippen molar-refractivity contribution >= 4 is 23.1 Å². The average Bonchev–Trinajstić information content (AvgIpc) is 2.56. The van der Waals surface area contributed by atoms with Gasteiger partial charge in [0.25, 0.3) is 0 Å². The van der Waals surface area contributed by atoms with Crippen molar-refractivity contribution in [1.29, 1.82) is 0 Å². The minimum absolute atomic E-state index is 0.0600. The van der Waals surface area contributed by atoms with Crippen molar-refractivity contribution in [1.82, 2.24) is 9.78 Å². The van der Waals surface area contributed by atoms with Crippen molar-refractivity contribution in [3.8, 4) is 0 Å². The number of nitrogens with two attached hydrogens (primary N) is 2. The van der Waals surface area contributed by atoms with Gasteiger partial charge in [0.15, 0.2) is 0 Å². The highest BCUT2D eigenvalue weighted by Gasteiger charge is 1.98. The number of rotatable bonds is 2. The summed E-state index contributed by atoms with van der Waals surface area (Å²) in [7, 11) is 1.88. The Morgan fingerprint density at radius 3 is 3.00 bits per heavy atom. The summed E-state index contributed by atoms with van der Waals surface area (Å²) in [6.07, 6.45) is 3.53. The molecule has 6 nitrogen and oxygen atoms in total. The van der Waals surface area contributed by atoms with Crippen LogP contribution in [0.4, 0.5) is 0 Å². The van der Waals surface area contributed by atoms with Crippen LogP contribution < -0.4 is 11.5 Å². The van der Waals surface area contributed by atoms with E-state index in [2.05, 4.69) is 15.3 Å². The van der Waals surface area contributed by atoms with E-state index < -0.39 is 0 Å². The third-order valence-corrected chi connectivity index (χ3v) is 2.03. The van der Waals surface area contributed by atoms with Gasteiger partial charge in [0.05, 0.1) is 11.7 Å². The van der Waals surface area contributed by atoms with Gasteiger partial charge in [0.1, 0.15) is 0 Å². The number of guanidine groups is 1. The van der Waals surface area contributed by atoms with E-state index in [4.69, 9.17) is 11.5 Å². The van der Waals surface area contributed by atoms with Gasteiger partial charge < -0.3 is 11.5 Å². The molecule has 0 saturated carbocycles. The number of aryl methyl sites for hydroxylation is 1. The highest BCUT2D eigenvalue weighted by atomic mass is 15.3. The van der Waals surface area contributed by atoms with E-state index in [1.54, 1.807) is 10.9 Å². The first-order chi connectivity index (χ1) is 7.65. The minimum Gasteiger partial charge on any atom is -0.369 e. The van der Waals surface area contributed by atoms with Crippen molar-refractivity contribution in [2.75, 3.05) is 0 Å². The first kappa shape index (κ1) is 10.2. The van der Waals surface area contributed by atoms with Crippen LogP contribution in [-0.4, -0.2) is 22.0 Å². The lowest BCUT2D eigenvalue weighted by molar-refractivity contribution is 0.780. The summed E-state index contributed by atoms with van der Waals surface area (Å²) in [6.45, 7) is 0. The van der Waals surface area contributed by atoms with Gasteiger partial charge in [-0.15, -0.1) is 5.10 Å². The molecule has 0 bridgehead atoms. The predicted octanol–water partition coefficient (Wildman–Crippen LogP) is 0.181. The quantitative estimate of drug-likeness (QED) is 0.426. The number of hydrogen-bond donors (Lipinski definition) is 2. The van der Waals surface area contributed by atoms with Crippen LogP contribution >= 0.6 is 0 Å². The van der Waals surface area contributed by atoms with E-state index in [0.717, 1.165) is 16.5 Å². The topological polar surface area (TPSA) is 94.6 Å². The molecule has 0 aliphatic rings. The fourth-order valence-corrected chi connectivity index (χ4v) is 1.40. The predicted molar refractivity (Wildman–Crippen MR) is 64.1 cm³/mol. The number of fused-ring (bicyclic) bond motifs is 1. The Bertz CT molecular complexity index is 562. The van der Waals surface area contributed by atoms with E-state index in [0.29, 0.717) is 0 Å². The standard InChI is InChI=1S/C10H12N6/c1-16-6-8-3-2-7(4-9(8)15-16)5-13-14-10(11)12/h2-6H,1H3,(H4,11,12,14). The number of hydrogen-bond acceptors (Lipinski definition) is 3. The zero-order chi connectivity index (χ0) is 11.5. The largest absolute Gasteiger partial charge is 0.369 e. The summed E-state index contributed by atoms with van der Waals surface area (Å²) in [5.41, 5.74) is 12.1. The minimum atomic E-state index is -0.0600. The molecule has 0 spiro atoms. The number of benzene rings is 1. The van der Waals surface area contributed by atoms with Crippen LogP contribution in [0.2, 0.25) is 0 Å². The molecule has 4 N–H and O–H groups in total. The van der Waals surface area contributed by atoms with Crippen LogP contribution in [0.15, 0.2) is 34.6 Å².